The molecule has 0 fully saturated rings. The molecule has 0 aromatic heterocycles. The van der Waals surface area contributed by atoms with Gasteiger partial charge >= 0.3 is 11.9 Å². The van der Waals surface area contributed by atoms with Gasteiger partial charge in [-0.15, -0.1) is 0 Å². The first kappa shape index (κ1) is 19.0. The zero-order valence-electron chi connectivity index (χ0n) is 14.3. The fourth-order valence-electron chi connectivity index (χ4n) is 2.16. The highest BCUT2D eigenvalue weighted by atomic mass is 16.5. The van der Waals surface area contributed by atoms with Crippen LogP contribution in [0.5, 0.6) is 5.75 Å². The van der Waals surface area contributed by atoms with Crippen molar-refractivity contribution >= 4 is 18.2 Å². The van der Waals surface area contributed by atoms with Crippen LogP contribution in [0.25, 0.3) is 0 Å². The molecule has 26 heavy (non-hydrogen) atoms. The van der Waals surface area contributed by atoms with E-state index in [1.165, 1.54) is 11.8 Å². The lowest BCUT2D eigenvalue weighted by Gasteiger charge is -2.14. The molecule has 7 nitrogen and oxygen atoms in total. The molecule has 2 N–H and O–H groups in total. The molecule has 7 heteroatoms. The van der Waals surface area contributed by atoms with E-state index in [1.807, 2.05) is 37.3 Å². The van der Waals surface area contributed by atoms with Crippen molar-refractivity contribution in [3.05, 3.63) is 65.2 Å². The number of carbonyl (C=O) groups is 2. The van der Waals surface area contributed by atoms with Gasteiger partial charge in [-0.2, -0.15) is 5.10 Å². The monoisotopic (exact) mass is 356 g/mol. The predicted octanol–water partition coefficient (Wildman–Crippen LogP) is 2.38. The average Bonchev–Trinajstić information content (AvgIpc) is 2.59. The van der Waals surface area contributed by atoms with E-state index in [-0.39, 0.29) is 0 Å². The molecule has 136 valence electrons. The fourth-order valence-corrected chi connectivity index (χ4v) is 2.16. The number of aliphatic carboxylic acids is 2. The molecule has 2 aromatic carbocycles. The van der Waals surface area contributed by atoms with Gasteiger partial charge in [0.1, 0.15) is 25.4 Å². The number of rotatable bonds is 9. The van der Waals surface area contributed by atoms with E-state index in [0.29, 0.717) is 17.9 Å². The summed E-state index contributed by atoms with van der Waals surface area (Å²) in [6.45, 7) is 1.37. The van der Waals surface area contributed by atoms with Crippen LogP contribution >= 0.6 is 0 Å². The van der Waals surface area contributed by atoms with Gasteiger partial charge in [0.25, 0.3) is 0 Å². The third-order valence-corrected chi connectivity index (χ3v) is 3.43. The molecule has 0 aliphatic rings. The summed E-state index contributed by atoms with van der Waals surface area (Å²) in [4.78, 5) is 21.6. The highest BCUT2D eigenvalue weighted by molar-refractivity contribution is 5.83. The van der Waals surface area contributed by atoms with E-state index < -0.39 is 25.0 Å². The predicted molar refractivity (Wildman–Crippen MR) is 96.4 cm³/mol. The van der Waals surface area contributed by atoms with Crippen molar-refractivity contribution in [3.8, 4) is 5.75 Å². The molecular formula is C19H20N2O5. The van der Waals surface area contributed by atoms with Gasteiger partial charge < -0.3 is 14.9 Å². The van der Waals surface area contributed by atoms with Crippen molar-refractivity contribution in [2.24, 2.45) is 5.10 Å². The quantitative estimate of drug-likeness (QED) is 0.529. The minimum Gasteiger partial charge on any atom is -0.488 e. The van der Waals surface area contributed by atoms with E-state index in [4.69, 9.17) is 14.9 Å². The highest BCUT2D eigenvalue weighted by Gasteiger charge is 2.11. The maximum absolute atomic E-state index is 10.8. The molecule has 0 spiro atoms. The molecule has 0 aliphatic carbocycles. The Hall–Kier alpha value is -3.35. The normalized spacial score (nSPS) is 10.7. The van der Waals surface area contributed by atoms with E-state index in [9.17, 15) is 9.59 Å². The summed E-state index contributed by atoms with van der Waals surface area (Å²) in [7, 11) is 0. The van der Waals surface area contributed by atoms with Crippen molar-refractivity contribution < 1.29 is 24.5 Å². The summed E-state index contributed by atoms with van der Waals surface area (Å²) >= 11 is 0. The number of nitrogens with zero attached hydrogens (tertiary/aromatic N) is 2. The zero-order chi connectivity index (χ0) is 18.9. The van der Waals surface area contributed by atoms with Gasteiger partial charge in [0.2, 0.25) is 0 Å². The summed E-state index contributed by atoms with van der Waals surface area (Å²) < 4.78 is 5.82. The second-order valence-electron chi connectivity index (χ2n) is 5.67. The molecule has 2 aromatic rings. The maximum atomic E-state index is 10.8. The molecule has 0 unspecified atom stereocenters. The van der Waals surface area contributed by atoms with E-state index in [2.05, 4.69) is 5.10 Å². The molecule has 0 saturated heterocycles. The number of carboxylic acid groups (broad SMARTS) is 2. The van der Waals surface area contributed by atoms with Crippen LogP contribution in [0.1, 0.15) is 16.7 Å². The Morgan fingerprint density at radius 2 is 1.65 bits per heavy atom. The van der Waals surface area contributed by atoms with Crippen LogP contribution in [-0.2, 0) is 16.2 Å². The fraction of sp³-hybridized carbons (Fsp3) is 0.211. The zero-order valence-corrected chi connectivity index (χ0v) is 14.3. The molecule has 2 rings (SSSR count). The summed E-state index contributed by atoms with van der Waals surface area (Å²) in [5.74, 6) is -1.75. The molecule has 0 aliphatic heterocycles. The minimum absolute atomic E-state index is 0.374. The van der Waals surface area contributed by atoms with Crippen molar-refractivity contribution in [3.63, 3.8) is 0 Å². The van der Waals surface area contributed by atoms with Crippen LogP contribution in [0.3, 0.4) is 0 Å². The molecule has 0 atom stereocenters. The minimum atomic E-state index is -1.16. The van der Waals surface area contributed by atoms with Gasteiger partial charge in [-0.1, -0.05) is 42.0 Å². The van der Waals surface area contributed by atoms with Crippen LogP contribution < -0.4 is 4.74 Å². The van der Waals surface area contributed by atoms with Crippen LogP contribution in [0, 0.1) is 6.92 Å². The summed E-state index contributed by atoms with van der Waals surface area (Å²) in [6.07, 6.45) is 1.40. The topological polar surface area (TPSA) is 99.4 Å². The van der Waals surface area contributed by atoms with Crippen LogP contribution in [-0.4, -0.2) is 46.5 Å². The number of ether oxygens (including phenoxy) is 1. The second kappa shape index (κ2) is 9.22. The largest absolute Gasteiger partial charge is 0.488 e. The molecular weight excluding hydrogens is 336 g/mol. The summed E-state index contributed by atoms with van der Waals surface area (Å²) in [5.41, 5.74) is 2.80. The standard InChI is InChI=1S/C19H20N2O5/c1-14-6-8-15(9-7-14)13-26-17-5-3-2-4-16(17)10-20-21(11-18(22)23)12-19(24)25/h2-10H,11-13H2,1H3,(H,22,23)(H,24,25)/b20-10-. The Bertz CT molecular complexity index is 771. The first-order valence-corrected chi connectivity index (χ1v) is 7.94. The first-order valence-electron chi connectivity index (χ1n) is 7.94. The van der Waals surface area contributed by atoms with E-state index >= 15 is 0 Å². The van der Waals surface area contributed by atoms with Gasteiger partial charge in [-0.3, -0.25) is 14.6 Å². The Morgan fingerprint density at radius 1 is 1.04 bits per heavy atom. The van der Waals surface area contributed by atoms with E-state index in [0.717, 1.165) is 10.6 Å². The highest BCUT2D eigenvalue weighted by Crippen LogP contribution is 2.18. The number of hydrogen-bond donors (Lipinski definition) is 2. The average molecular weight is 356 g/mol. The summed E-state index contributed by atoms with van der Waals surface area (Å²) in [5, 5.41) is 22.6. The van der Waals surface area contributed by atoms with Crippen molar-refractivity contribution in [1.82, 2.24) is 5.01 Å². The molecule has 0 amide bonds. The summed E-state index contributed by atoms with van der Waals surface area (Å²) in [6, 6.07) is 15.1. The SMILES string of the molecule is Cc1ccc(COc2ccccc2/C=N\N(CC(=O)O)CC(=O)O)cc1. The number of hydrogen-bond acceptors (Lipinski definition) is 5. The van der Waals surface area contributed by atoms with Crippen LogP contribution in [0.2, 0.25) is 0 Å². The third-order valence-electron chi connectivity index (χ3n) is 3.43. The van der Waals surface area contributed by atoms with Crippen LogP contribution in [0.4, 0.5) is 0 Å². The number of carboxylic acids is 2. The van der Waals surface area contributed by atoms with Crippen LogP contribution in [0.15, 0.2) is 53.6 Å². The van der Waals surface area contributed by atoms with Gasteiger partial charge in [-0.05, 0) is 24.6 Å². The van der Waals surface area contributed by atoms with Crippen molar-refractivity contribution in [2.75, 3.05) is 13.1 Å². The lowest BCUT2D eigenvalue weighted by Crippen LogP contribution is -2.30. The smallest absolute Gasteiger partial charge is 0.324 e. The van der Waals surface area contributed by atoms with Gasteiger partial charge in [-0.25, -0.2) is 0 Å². The number of hydrazone groups is 1. The van der Waals surface area contributed by atoms with Crippen molar-refractivity contribution in [2.45, 2.75) is 13.5 Å². The maximum Gasteiger partial charge on any atom is 0.324 e. The molecule has 0 radical (unpaired) electrons. The number of para-hydroxylation sites is 1. The Balaban J connectivity index is 2.09. The first-order chi connectivity index (χ1) is 12.4. The van der Waals surface area contributed by atoms with E-state index in [1.54, 1.807) is 18.2 Å². The van der Waals surface area contributed by atoms with Crippen molar-refractivity contribution in [1.29, 1.82) is 0 Å². The van der Waals surface area contributed by atoms with Gasteiger partial charge in [0.15, 0.2) is 0 Å². The molecule has 0 bridgehead atoms. The second-order valence-corrected chi connectivity index (χ2v) is 5.67. The van der Waals surface area contributed by atoms with Gasteiger partial charge in [0.05, 0.1) is 6.21 Å². The lowest BCUT2D eigenvalue weighted by atomic mass is 10.1. The van der Waals surface area contributed by atoms with Gasteiger partial charge in [0, 0.05) is 5.56 Å². The Kier molecular flexibility index (Phi) is 6.73. The Labute approximate surface area is 151 Å². The Morgan fingerprint density at radius 3 is 2.27 bits per heavy atom. The molecule has 0 heterocycles. The number of aryl methyl sites for hydroxylation is 1. The third kappa shape index (κ3) is 6.27. The number of benzene rings is 2. The molecule has 0 saturated carbocycles. The lowest BCUT2D eigenvalue weighted by molar-refractivity contribution is -0.141.